The number of hydrogen-bond acceptors (Lipinski definition) is 14. The molecule has 0 aromatic heterocycles. The molecule has 1 aliphatic rings. The van der Waals surface area contributed by atoms with Crippen LogP contribution in [0.4, 0.5) is 0 Å². The van der Waals surface area contributed by atoms with Crippen molar-refractivity contribution in [3.8, 4) is 0 Å². The summed E-state index contributed by atoms with van der Waals surface area (Å²) in [5, 5.41) is 36.1. The Morgan fingerprint density at radius 1 is 0.840 bits per heavy atom. The summed E-state index contributed by atoms with van der Waals surface area (Å²) in [7, 11) is 1.03. The summed E-state index contributed by atoms with van der Waals surface area (Å²) in [5.41, 5.74) is 11.1. The van der Waals surface area contributed by atoms with E-state index in [1.807, 2.05) is 0 Å². The molecule has 0 saturated carbocycles. The van der Waals surface area contributed by atoms with Gasteiger partial charge in [-0.15, -0.1) is 0 Å². The molecule has 8 unspecified atom stereocenters. The third-order valence-corrected chi connectivity index (χ3v) is 7.59. The maximum Gasteiger partial charge on any atom is 0.344 e. The van der Waals surface area contributed by atoms with Crippen LogP contribution in [0.2, 0.25) is 0 Å². The topological polar surface area (TPSA) is 332 Å². The first-order chi connectivity index (χ1) is 23.5. The second kappa shape index (κ2) is 22.3. The minimum Gasteiger partial charge on any atom is -0.480 e. The fourth-order valence-corrected chi connectivity index (χ4v) is 4.69. The molecule has 284 valence electrons. The molecule has 21 nitrogen and oxygen atoms in total. The van der Waals surface area contributed by atoms with Gasteiger partial charge in [0.2, 0.25) is 35.4 Å². The summed E-state index contributed by atoms with van der Waals surface area (Å²) >= 11 is 0. The lowest BCUT2D eigenvalue weighted by Crippen LogP contribution is -2.58. The van der Waals surface area contributed by atoms with Crippen LogP contribution in [-0.2, 0) is 48.1 Å². The van der Waals surface area contributed by atoms with E-state index >= 15 is 0 Å². The standard InChI is InChI=1S/C29H51N9O12/c1-14(25(43)38-23(29(47)48)17-9-7-11-32-17)34-20(40)13-33-26(44)19(12-21(41)50-49-4)37-27(45)18(8-5-6-10-30)36-24(42)15(2)35-28(46)22(31)16(3)39/h14-19,22-23,32,39H,5-13,30-31H2,1-4H3,(H,33,44)(H,34,40)(H,35,46)(H,36,42)(H,37,45)(H,38,43)(H,47,48). The third-order valence-electron chi connectivity index (χ3n) is 7.59. The zero-order chi connectivity index (χ0) is 38.0. The zero-order valence-corrected chi connectivity index (χ0v) is 28.6. The second-order valence-electron chi connectivity index (χ2n) is 11.8. The summed E-state index contributed by atoms with van der Waals surface area (Å²) in [6.45, 7) is 4.09. The lowest BCUT2D eigenvalue weighted by Gasteiger charge is -2.25. The average molecular weight is 718 g/mol. The van der Waals surface area contributed by atoms with E-state index < -0.39 is 109 Å². The molecule has 1 fully saturated rings. The minimum absolute atomic E-state index is 0.0430. The minimum atomic E-state index is -1.64. The SMILES string of the molecule is COOC(=O)CC(NC(=O)C(CCCCN)NC(=O)C(C)NC(=O)C(N)C(C)O)C(=O)NCC(=O)NC(C)C(=O)NC(C(=O)O)C1CCCN1. The van der Waals surface area contributed by atoms with Crippen LogP contribution in [0.3, 0.4) is 0 Å². The van der Waals surface area contributed by atoms with Gasteiger partial charge in [0.1, 0.15) is 36.3 Å². The molecule has 8 atom stereocenters. The maximum atomic E-state index is 13.3. The van der Waals surface area contributed by atoms with Gasteiger partial charge >= 0.3 is 11.9 Å². The normalized spacial score (nSPS) is 18.1. The largest absolute Gasteiger partial charge is 0.480 e. The Balaban J connectivity index is 2.93. The fourth-order valence-electron chi connectivity index (χ4n) is 4.69. The molecule has 6 amide bonds. The van der Waals surface area contributed by atoms with Crippen molar-refractivity contribution in [3.63, 3.8) is 0 Å². The molecule has 50 heavy (non-hydrogen) atoms. The van der Waals surface area contributed by atoms with Crippen molar-refractivity contribution in [2.75, 3.05) is 26.7 Å². The van der Waals surface area contributed by atoms with Crippen LogP contribution in [0.25, 0.3) is 0 Å². The highest BCUT2D eigenvalue weighted by molar-refractivity contribution is 5.97. The highest BCUT2D eigenvalue weighted by Crippen LogP contribution is 2.10. The first-order valence-electron chi connectivity index (χ1n) is 16.1. The van der Waals surface area contributed by atoms with E-state index in [-0.39, 0.29) is 13.0 Å². The number of unbranched alkanes of at least 4 members (excludes halogenated alkanes) is 1. The molecule has 0 spiro atoms. The molecular formula is C29H51N9O12. The number of aliphatic carboxylic acids is 1. The summed E-state index contributed by atoms with van der Waals surface area (Å²) in [6.07, 6.45) is 0.201. The Morgan fingerprint density at radius 2 is 1.46 bits per heavy atom. The molecule has 0 radical (unpaired) electrons. The Kier molecular flexibility index (Phi) is 19.4. The fraction of sp³-hybridized carbons (Fsp3) is 0.724. The third kappa shape index (κ3) is 15.4. The van der Waals surface area contributed by atoms with Crippen molar-refractivity contribution in [2.45, 2.75) is 108 Å². The Hall–Kier alpha value is -4.44. The van der Waals surface area contributed by atoms with Gasteiger partial charge in [0.15, 0.2) is 0 Å². The van der Waals surface area contributed by atoms with Crippen molar-refractivity contribution in [3.05, 3.63) is 0 Å². The number of aliphatic hydroxyl groups excluding tert-OH is 1. The van der Waals surface area contributed by atoms with E-state index in [0.717, 1.165) is 13.5 Å². The molecule has 1 rings (SSSR count). The van der Waals surface area contributed by atoms with Crippen LogP contribution >= 0.6 is 0 Å². The number of carboxylic acids is 1. The molecule has 0 aromatic rings. The van der Waals surface area contributed by atoms with E-state index in [1.165, 1.54) is 20.8 Å². The predicted octanol–water partition coefficient (Wildman–Crippen LogP) is -5.27. The van der Waals surface area contributed by atoms with Crippen molar-refractivity contribution < 1.29 is 58.3 Å². The molecule has 0 aliphatic carbocycles. The average Bonchev–Trinajstić information content (AvgIpc) is 3.59. The van der Waals surface area contributed by atoms with Gasteiger partial charge in [0, 0.05) is 6.04 Å². The smallest absolute Gasteiger partial charge is 0.344 e. The summed E-state index contributed by atoms with van der Waals surface area (Å²) in [4.78, 5) is 109. The highest BCUT2D eigenvalue weighted by Gasteiger charge is 2.34. The van der Waals surface area contributed by atoms with E-state index in [9.17, 15) is 48.6 Å². The summed E-state index contributed by atoms with van der Waals surface area (Å²) in [5.74, 6) is -7.48. The Morgan fingerprint density at radius 3 is 2.02 bits per heavy atom. The quantitative estimate of drug-likeness (QED) is 0.0283. The van der Waals surface area contributed by atoms with Gasteiger partial charge in [-0.25, -0.2) is 9.59 Å². The monoisotopic (exact) mass is 717 g/mol. The van der Waals surface area contributed by atoms with E-state index in [4.69, 9.17) is 11.5 Å². The van der Waals surface area contributed by atoms with Crippen molar-refractivity contribution >= 4 is 47.4 Å². The van der Waals surface area contributed by atoms with Gasteiger partial charge in [-0.05, 0) is 66.0 Å². The van der Waals surface area contributed by atoms with E-state index in [2.05, 4.69) is 47.0 Å². The summed E-state index contributed by atoms with van der Waals surface area (Å²) < 4.78 is 0. The lowest BCUT2D eigenvalue weighted by molar-refractivity contribution is -0.255. The first kappa shape index (κ1) is 43.6. The highest BCUT2D eigenvalue weighted by atomic mass is 17.2. The number of nitrogens with two attached hydrogens (primary N) is 2. The molecule has 21 heteroatoms. The van der Waals surface area contributed by atoms with Gasteiger partial charge in [-0.2, -0.15) is 4.89 Å². The van der Waals surface area contributed by atoms with Gasteiger partial charge in [0.05, 0.1) is 26.2 Å². The zero-order valence-electron chi connectivity index (χ0n) is 28.6. The number of aliphatic hydroxyl groups is 1. The maximum absolute atomic E-state index is 13.3. The van der Waals surface area contributed by atoms with Crippen LogP contribution in [0.1, 0.15) is 59.3 Å². The second-order valence-corrected chi connectivity index (χ2v) is 11.8. The van der Waals surface area contributed by atoms with E-state index in [0.29, 0.717) is 25.8 Å². The number of carbonyl (C=O) groups is 8. The van der Waals surface area contributed by atoms with Crippen LogP contribution in [0.15, 0.2) is 0 Å². The van der Waals surface area contributed by atoms with Crippen LogP contribution < -0.4 is 48.7 Å². The number of rotatable bonds is 22. The molecular weight excluding hydrogens is 666 g/mol. The van der Waals surface area contributed by atoms with Crippen LogP contribution in [0.5, 0.6) is 0 Å². The Labute approximate surface area is 289 Å². The van der Waals surface area contributed by atoms with Gasteiger partial charge in [-0.1, -0.05) is 0 Å². The lowest BCUT2D eigenvalue weighted by atomic mass is 10.1. The molecule has 13 N–H and O–H groups in total. The van der Waals surface area contributed by atoms with Gasteiger partial charge in [0.25, 0.3) is 0 Å². The molecule has 1 saturated heterocycles. The number of hydrogen-bond donors (Lipinski definition) is 11. The predicted molar refractivity (Wildman–Crippen MR) is 173 cm³/mol. The summed E-state index contributed by atoms with van der Waals surface area (Å²) in [6, 6.07) is -8.31. The van der Waals surface area contributed by atoms with Crippen LogP contribution in [-0.4, -0.2) is 133 Å². The molecule has 0 aromatic carbocycles. The molecule has 1 heterocycles. The Bertz CT molecular complexity index is 1200. The van der Waals surface area contributed by atoms with Crippen LogP contribution in [0, 0.1) is 0 Å². The molecule has 0 bridgehead atoms. The number of amides is 6. The molecule has 1 aliphatic heterocycles. The number of nitrogens with one attached hydrogen (secondary N) is 7. The van der Waals surface area contributed by atoms with Crippen molar-refractivity contribution in [1.29, 1.82) is 0 Å². The van der Waals surface area contributed by atoms with Crippen molar-refractivity contribution in [2.24, 2.45) is 11.5 Å². The first-order valence-corrected chi connectivity index (χ1v) is 16.1. The number of carbonyl (C=O) groups excluding carboxylic acids is 7. The van der Waals surface area contributed by atoms with E-state index in [1.54, 1.807) is 0 Å². The van der Waals surface area contributed by atoms with Gasteiger partial charge in [-0.3, -0.25) is 33.7 Å². The van der Waals surface area contributed by atoms with Gasteiger partial charge < -0.3 is 58.9 Å². The number of carboxylic acid groups (broad SMARTS) is 1. The van der Waals surface area contributed by atoms with Crippen molar-refractivity contribution in [1.82, 2.24) is 37.2 Å².